The van der Waals surface area contributed by atoms with Gasteiger partial charge in [0.15, 0.2) is 0 Å². The van der Waals surface area contributed by atoms with Gasteiger partial charge in [0.05, 0.1) is 17.2 Å². The van der Waals surface area contributed by atoms with Crippen LogP contribution in [0.2, 0.25) is 0 Å². The van der Waals surface area contributed by atoms with E-state index in [9.17, 15) is 4.79 Å². The van der Waals surface area contributed by atoms with Gasteiger partial charge >= 0.3 is 5.97 Å². The van der Waals surface area contributed by atoms with Gasteiger partial charge in [-0.2, -0.15) is 5.26 Å². The van der Waals surface area contributed by atoms with Crippen LogP contribution in [0.3, 0.4) is 0 Å². The fraction of sp³-hybridized carbons (Fsp3) is 0.273. The van der Waals surface area contributed by atoms with Gasteiger partial charge in [0.1, 0.15) is 0 Å². The Morgan fingerprint density at radius 2 is 2.21 bits per heavy atom. The number of carboxylic acids is 1. The van der Waals surface area contributed by atoms with Crippen molar-refractivity contribution in [2.75, 3.05) is 0 Å². The number of hydrogen-bond donors (Lipinski definition) is 1. The highest BCUT2D eigenvalue weighted by molar-refractivity contribution is 5.88. The summed E-state index contributed by atoms with van der Waals surface area (Å²) in [5.74, 6) is -0.962. The summed E-state index contributed by atoms with van der Waals surface area (Å²) < 4.78 is 0. The monoisotopic (exact) mass is 187 g/mol. The van der Waals surface area contributed by atoms with Crippen LogP contribution >= 0.6 is 0 Å². The quantitative estimate of drug-likeness (QED) is 0.728. The van der Waals surface area contributed by atoms with Crippen LogP contribution in [0.4, 0.5) is 0 Å². The predicted octanol–water partition coefficient (Wildman–Crippen LogP) is 1.75. The second-order valence-electron chi connectivity index (χ2n) is 3.43. The molecular formula is C11H9NO2. The van der Waals surface area contributed by atoms with Gasteiger partial charge in [-0.05, 0) is 42.5 Å². The largest absolute Gasteiger partial charge is 0.478 e. The molecular weight excluding hydrogens is 178 g/mol. The van der Waals surface area contributed by atoms with Crippen molar-refractivity contribution < 1.29 is 9.90 Å². The van der Waals surface area contributed by atoms with Crippen LogP contribution in [-0.4, -0.2) is 11.1 Å². The SMILES string of the molecule is N#Cc1cc(C(=O)O)cc2c1CCC2. The normalized spacial score (nSPS) is 13.4. The van der Waals surface area contributed by atoms with E-state index in [0.717, 1.165) is 30.4 Å². The zero-order chi connectivity index (χ0) is 10.1. The van der Waals surface area contributed by atoms with Crippen LogP contribution in [0.5, 0.6) is 0 Å². The maximum Gasteiger partial charge on any atom is 0.335 e. The van der Waals surface area contributed by atoms with E-state index in [1.165, 1.54) is 6.07 Å². The van der Waals surface area contributed by atoms with E-state index in [1.54, 1.807) is 6.07 Å². The number of nitrogens with zero attached hydrogens (tertiary/aromatic N) is 1. The Kier molecular flexibility index (Phi) is 1.97. The summed E-state index contributed by atoms with van der Waals surface area (Å²) in [6.07, 6.45) is 2.82. The number of carbonyl (C=O) groups is 1. The molecule has 70 valence electrons. The third-order valence-electron chi connectivity index (χ3n) is 2.58. The molecule has 3 heteroatoms. The molecule has 0 bridgehead atoms. The van der Waals surface area contributed by atoms with Gasteiger partial charge in [-0.3, -0.25) is 0 Å². The van der Waals surface area contributed by atoms with E-state index in [2.05, 4.69) is 6.07 Å². The summed E-state index contributed by atoms with van der Waals surface area (Å²) in [5.41, 5.74) is 2.82. The Labute approximate surface area is 81.6 Å². The summed E-state index contributed by atoms with van der Waals surface area (Å²) in [4.78, 5) is 10.8. The average molecular weight is 187 g/mol. The first-order valence-electron chi connectivity index (χ1n) is 4.51. The number of hydrogen-bond acceptors (Lipinski definition) is 2. The van der Waals surface area contributed by atoms with E-state index in [1.807, 2.05) is 0 Å². The summed E-state index contributed by atoms with van der Waals surface area (Å²) in [7, 11) is 0. The Bertz CT molecular complexity index is 443. The molecule has 0 fully saturated rings. The van der Waals surface area contributed by atoms with Gasteiger partial charge in [-0.25, -0.2) is 4.79 Å². The van der Waals surface area contributed by atoms with Gasteiger partial charge in [0, 0.05) is 0 Å². The number of rotatable bonds is 1. The lowest BCUT2D eigenvalue weighted by Gasteiger charge is -2.03. The smallest absolute Gasteiger partial charge is 0.335 e. The van der Waals surface area contributed by atoms with Gasteiger partial charge in [-0.1, -0.05) is 0 Å². The number of fused-ring (bicyclic) bond motifs is 1. The molecule has 0 aromatic heterocycles. The lowest BCUT2D eigenvalue weighted by atomic mass is 10.0. The van der Waals surface area contributed by atoms with Crippen LogP contribution < -0.4 is 0 Å². The van der Waals surface area contributed by atoms with E-state index in [4.69, 9.17) is 10.4 Å². The maximum atomic E-state index is 10.8. The first-order valence-corrected chi connectivity index (χ1v) is 4.51. The molecule has 2 rings (SSSR count). The van der Waals surface area contributed by atoms with Crippen molar-refractivity contribution in [2.45, 2.75) is 19.3 Å². The molecule has 0 spiro atoms. The lowest BCUT2D eigenvalue weighted by molar-refractivity contribution is 0.0696. The van der Waals surface area contributed by atoms with Crippen molar-refractivity contribution in [3.05, 3.63) is 34.4 Å². The third kappa shape index (κ3) is 1.25. The molecule has 0 saturated carbocycles. The van der Waals surface area contributed by atoms with Crippen LogP contribution in [-0.2, 0) is 12.8 Å². The number of benzene rings is 1. The molecule has 0 atom stereocenters. The molecule has 0 unspecified atom stereocenters. The highest BCUT2D eigenvalue weighted by atomic mass is 16.4. The van der Waals surface area contributed by atoms with Crippen molar-refractivity contribution in [1.82, 2.24) is 0 Å². The topological polar surface area (TPSA) is 61.1 Å². The van der Waals surface area contributed by atoms with Gasteiger partial charge in [0.25, 0.3) is 0 Å². The van der Waals surface area contributed by atoms with E-state index in [0.29, 0.717) is 5.56 Å². The molecule has 14 heavy (non-hydrogen) atoms. The minimum absolute atomic E-state index is 0.224. The Morgan fingerprint density at radius 1 is 1.43 bits per heavy atom. The van der Waals surface area contributed by atoms with Crippen molar-refractivity contribution in [1.29, 1.82) is 5.26 Å². The van der Waals surface area contributed by atoms with Crippen LogP contribution in [0, 0.1) is 11.3 Å². The van der Waals surface area contributed by atoms with Crippen molar-refractivity contribution >= 4 is 5.97 Å². The second kappa shape index (κ2) is 3.15. The van der Waals surface area contributed by atoms with Gasteiger partial charge in [0.2, 0.25) is 0 Å². The maximum absolute atomic E-state index is 10.8. The molecule has 3 nitrogen and oxygen atoms in total. The summed E-state index contributed by atoms with van der Waals surface area (Å²) in [5, 5.41) is 17.7. The van der Waals surface area contributed by atoms with E-state index < -0.39 is 5.97 Å². The van der Waals surface area contributed by atoms with Crippen LogP contribution in [0.15, 0.2) is 12.1 Å². The molecule has 0 aliphatic heterocycles. The number of aromatic carboxylic acids is 1. The highest BCUT2D eigenvalue weighted by Crippen LogP contribution is 2.26. The zero-order valence-electron chi connectivity index (χ0n) is 7.58. The Balaban J connectivity index is 2.62. The average Bonchev–Trinajstić information content (AvgIpc) is 2.63. The summed E-state index contributed by atoms with van der Waals surface area (Å²) in [6.45, 7) is 0. The zero-order valence-corrected chi connectivity index (χ0v) is 7.58. The number of carboxylic acid groups (broad SMARTS) is 1. The fourth-order valence-electron chi connectivity index (χ4n) is 1.93. The number of aryl methyl sites for hydroxylation is 1. The third-order valence-corrected chi connectivity index (χ3v) is 2.58. The first-order chi connectivity index (χ1) is 6.72. The van der Waals surface area contributed by atoms with Gasteiger partial charge in [-0.15, -0.1) is 0 Å². The van der Waals surface area contributed by atoms with E-state index >= 15 is 0 Å². The van der Waals surface area contributed by atoms with Gasteiger partial charge < -0.3 is 5.11 Å². The molecule has 1 aromatic rings. The molecule has 1 aliphatic rings. The Morgan fingerprint density at radius 3 is 2.86 bits per heavy atom. The molecule has 1 aromatic carbocycles. The molecule has 0 radical (unpaired) electrons. The van der Waals surface area contributed by atoms with Crippen molar-refractivity contribution in [3.8, 4) is 6.07 Å². The van der Waals surface area contributed by atoms with Crippen LogP contribution in [0.25, 0.3) is 0 Å². The highest BCUT2D eigenvalue weighted by Gasteiger charge is 2.17. The van der Waals surface area contributed by atoms with E-state index in [-0.39, 0.29) is 5.56 Å². The predicted molar refractivity (Wildman–Crippen MR) is 50.1 cm³/mol. The second-order valence-corrected chi connectivity index (χ2v) is 3.43. The minimum Gasteiger partial charge on any atom is -0.478 e. The first kappa shape index (κ1) is 8.76. The van der Waals surface area contributed by atoms with Crippen LogP contribution in [0.1, 0.15) is 33.5 Å². The molecule has 0 heterocycles. The molecule has 1 aliphatic carbocycles. The molecule has 0 amide bonds. The fourth-order valence-corrected chi connectivity index (χ4v) is 1.93. The molecule has 0 saturated heterocycles. The minimum atomic E-state index is -0.962. The van der Waals surface area contributed by atoms with Crippen molar-refractivity contribution in [2.24, 2.45) is 0 Å². The number of nitriles is 1. The Hall–Kier alpha value is -1.82. The standard InChI is InChI=1S/C11H9NO2/c12-6-9-5-8(11(13)14)4-7-2-1-3-10(7)9/h4-5H,1-3H2,(H,13,14). The summed E-state index contributed by atoms with van der Waals surface area (Å²) >= 11 is 0. The lowest BCUT2D eigenvalue weighted by Crippen LogP contribution is -2.00. The van der Waals surface area contributed by atoms with Crippen molar-refractivity contribution in [3.63, 3.8) is 0 Å². The summed E-state index contributed by atoms with van der Waals surface area (Å²) in [6, 6.07) is 5.21. The molecule has 1 N–H and O–H groups in total.